The van der Waals surface area contributed by atoms with Gasteiger partial charge in [-0.15, -0.1) is 11.3 Å². The fraction of sp³-hybridized carbons (Fsp3) is 0.333. The zero-order valence-electron chi connectivity index (χ0n) is 15.2. The minimum absolute atomic E-state index is 0.0166. The summed E-state index contributed by atoms with van der Waals surface area (Å²) < 4.78 is 1.20. The molecule has 140 valence electrons. The zero-order valence-corrected chi connectivity index (χ0v) is 16.8. The van der Waals surface area contributed by atoms with Crippen molar-refractivity contribution in [2.24, 2.45) is 0 Å². The van der Waals surface area contributed by atoms with Crippen LogP contribution >= 0.6 is 23.1 Å². The van der Waals surface area contributed by atoms with Crippen LogP contribution in [0, 0.1) is 0 Å². The van der Waals surface area contributed by atoms with Crippen molar-refractivity contribution in [1.82, 2.24) is 15.2 Å². The maximum Gasteiger partial charge on any atom is 0.251 e. The predicted octanol–water partition coefficient (Wildman–Crippen LogP) is 3.82. The highest BCUT2D eigenvalue weighted by Crippen LogP contribution is 2.21. The molecule has 0 aliphatic carbocycles. The third kappa shape index (κ3) is 4.89. The van der Waals surface area contributed by atoms with Crippen LogP contribution in [-0.4, -0.2) is 46.9 Å². The molecule has 2 heterocycles. The Labute approximate surface area is 168 Å². The quantitative estimate of drug-likeness (QED) is 0.687. The molecule has 0 unspecified atom stereocenters. The van der Waals surface area contributed by atoms with Gasteiger partial charge in [-0.2, -0.15) is 11.8 Å². The van der Waals surface area contributed by atoms with Gasteiger partial charge in [-0.05, 0) is 29.8 Å². The molecule has 0 spiro atoms. The molecule has 1 amide bonds. The molecule has 0 saturated carbocycles. The molecule has 1 saturated heterocycles. The van der Waals surface area contributed by atoms with E-state index in [1.807, 2.05) is 42.1 Å². The Hall–Kier alpha value is -1.89. The molecular weight excluding hydrogens is 374 g/mol. The number of benzene rings is 2. The summed E-state index contributed by atoms with van der Waals surface area (Å²) in [5, 5.41) is 4.07. The summed E-state index contributed by atoms with van der Waals surface area (Å²) in [5.74, 6) is 2.42. The molecule has 4 nitrogen and oxygen atoms in total. The Balaban J connectivity index is 1.27. The molecule has 0 radical (unpaired) electrons. The second-order valence-corrected chi connectivity index (χ2v) is 9.01. The third-order valence-electron chi connectivity index (χ3n) is 4.69. The molecule has 2 aromatic carbocycles. The molecule has 0 atom stereocenters. The van der Waals surface area contributed by atoms with E-state index in [9.17, 15) is 4.79 Å². The van der Waals surface area contributed by atoms with E-state index in [4.69, 9.17) is 0 Å². The summed E-state index contributed by atoms with van der Waals surface area (Å²) in [4.78, 5) is 19.5. The fourth-order valence-corrected chi connectivity index (χ4v) is 5.14. The molecule has 1 N–H and O–H groups in total. The van der Waals surface area contributed by atoms with E-state index in [2.05, 4.69) is 33.4 Å². The lowest BCUT2D eigenvalue weighted by molar-refractivity contribution is 0.0954. The number of carbonyl (C=O) groups is 1. The number of nitrogens with one attached hydrogen (secondary N) is 1. The molecule has 1 fully saturated rings. The Morgan fingerprint density at radius 1 is 1.07 bits per heavy atom. The molecule has 4 rings (SSSR count). The summed E-state index contributed by atoms with van der Waals surface area (Å²) in [6.07, 6.45) is 0.760. The van der Waals surface area contributed by atoms with Crippen molar-refractivity contribution < 1.29 is 4.79 Å². The fourth-order valence-electron chi connectivity index (χ4n) is 3.19. The Kier molecular flexibility index (Phi) is 6.07. The minimum Gasteiger partial charge on any atom is -0.352 e. The van der Waals surface area contributed by atoms with Crippen LogP contribution in [0.15, 0.2) is 48.5 Å². The van der Waals surface area contributed by atoms with Gasteiger partial charge in [0.15, 0.2) is 0 Å². The van der Waals surface area contributed by atoms with Crippen molar-refractivity contribution in [3.63, 3.8) is 0 Å². The zero-order chi connectivity index (χ0) is 18.5. The van der Waals surface area contributed by atoms with Gasteiger partial charge in [-0.3, -0.25) is 9.69 Å². The lowest BCUT2D eigenvalue weighted by atomic mass is 10.1. The van der Waals surface area contributed by atoms with E-state index in [0.29, 0.717) is 6.54 Å². The van der Waals surface area contributed by atoms with Crippen LogP contribution in [0.3, 0.4) is 0 Å². The van der Waals surface area contributed by atoms with Gasteiger partial charge in [-0.25, -0.2) is 4.98 Å². The van der Waals surface area contributed by atoms with Crippen molar-refractivity contribution in [1.29, 1.82) is 0 Å². The first-order chi connectivity index (χ1) is 13.3. The second kappa shape index (κ2) is 8.87. The molecule has 6 heteroatoms. The normalized spacial score (nSPS) is 15.1. The smallest absolute Gasteiger partial charge is 0.251 e. The highest BCUT2D eigenvalue weighted by atomic mass is 32.2. The largest absolute Gasteiger partial charge is 0.352 e. The number of hydrogen-bond acceptors (Lipinski definition) is 5. The average molecular weight is 398 g/mol. The maximum atomic E-state index is 12.4. The Morgan fingerprint density at radius 3 is 2.63 bits per heavy atom. The minimum atomic E-state index is -0.0166. The van der Waals surface area contributed by atoms with Gasteiger partial charge in [0.25, 0.3) is 5.91 Å². The first kappa shape index (κ1) is 18.5. The van der Waals surface area contributed by atoms with Crippen molar-refractivity contribution in [2.75, 3.05) is 31.1 Å². The number of aromatic nitrogens is 1. The summed E-state index contributed by atoms with van der Waals surface area (Å²) in [6, 6.07) is 16.1. The van der Waals surface area contributed by atoms with E-state index < -0.39 is 0 Å². The molecule has 1 aliphatic heterocycles. The molecule has 3 aromatic rings. The summed E-state index contributed by atoms with van der Waals surface area (Å²) in [6.45, 7) is 3.88. The second-order valence-electron chi connectivity index (χ2n) is 6.67. The molecule has 1 aromatic heterocycles. The number of thiazole rings is 1. The van der Waals surface area contributed by atoms with Gasteiger partial charge >= 0.3 is 0 Å². The summed E-state index contributed by atoms with van der Waals surface area (Å²) in [7, 11) is 0. The molecular formula is C21H23N3OS2. The summed E-state index contributed by atoms with van der Waals surface area (Å²) in [5.41, 5.74) is 3.02. The van der Waals surface area contributed by atoms with Crippen LogP contribution in [0.2, 0.25) is 0 Å². The van der Waals surface area contributed by atoms with Crippen LogP contribution in [0.1, 0.15) is 20.9 Å². The molecule has 0 bridgehead atoms. The van der Waals surface area contributed by atoms with E-state index in [1.54, 1.807) is 11.3 Å². The van der Waals surface area contributed by atoms with Crippen LogP contribution in [0.4, 0.5) is 0 Å². The van der Waals surface area contributed by atoms with Gasteiger partial charge in [0.2, 0.25) is 0 Å². The van der Waals surface area contributed by atoms with Gasteiger partial charge in [-0.1, -0.05) is 24.3 Å². The standard InChI is InChI=1S/C21H23N3OS2/c25-21(22-10-9-20-23-18-3-1-2-4-19(18)27-20)17-7-5-16(6-8-17)15-24-11-13-26-14-12-24/h1-8H,9-15H2,(H,22,25). The lowest BCUT2D eigenvalue weighted by Crippen LogP contribution is -2.32. The average Bonchev–Trinajstić information content (AvgIpc) is 3.12. The highest BCUT2D eigenvalue weighted by molar-refractivity contribution is 7.99. The van der Waals surface area contributed by atoms with Crippen molar-refractivity contribution in [2.45, 2.75) is 13.0 Å². The first-order valence-electron chi connectivity index (χ1n) is 9.29. The SMILES string of the molecule is O=C(NCCc1nc2ccccc2s1)c1ccc(CN2CCSCC2)cc1. The predicted molar refractivity (Wildman–Crippen MR) is 115 cm³/mol. The molecule has 27 heavy (non-hydrogen) atoms. The van der Waals surface area contributed by atoms with Crippen LogP contribution in [0.5, 0.6) is 0 Å². The van der Waals surface area contributed by atoms with E-state index >= 15 is 0 Å². The summed E-state index contributed by atoms with van der Waals surface area (Å²) >= 11 is 3.72. The van der Waals surface area contributed by atoms with Gasteiger partial charge in [0, 0.05) is 49.7 Å². The Morgan fingerprint density at radius 2 is 1.85 bits per heavy atom. The van der Waals surface area contributed by atoms with Crippen molar-refractivity contribution in [3.05, 3.63) is 64.7 Å². The number of fused-ring (bicyclic) bond motifs is 1. The molecule has 1 aliphatic rings. The number of nitrogens with zero attached hydrogens (tertiary/aromatic N) is 2. The number of hydrogen-bond donors (Lipinski definition) is 1. The number of thioether (sulfide) groups is 1. The van der Waals surface area contributed by atoms with Crippen molar-refractivity contribution >= 4 is 39.2 Å². The lowest BCUT2D eigenvalue weighted by Gasteiger charge is -2.26. The van der Waals surface area contributed by atoms with Crippen LogP contribution in [0.25, 0.3) is 10.2 Å². The first-order valence-corrected chi connectivity index (χ1v) is 11.3. The Bertz CT molecular complexity index is 868. The van der Waals surface area contributed by atoms with E-state index in [0.717, 1.165) is 42.1 Å². The van der Waals surface area contributed by atoms with Gasteiger partial charge < -0.3 is 5.32 Å². The van der Waals surface area contributed by atoms with Crippen LogP contribution in [-0.2, 0) is 13.0 Å². The van der Waals surface area contributed by atoms with E-state index in [-0.39, 0.29) is 5.91 Å². The monoisotopic (exact) mass is 397 g/mol. The maximum absolute atomic E-state index is 12.4. The number of amides is 1. The van der Waals surface area contributed by atoms with Gasteiger partial charge in [0.1, 0.15) is 0 Å². The third-order valence-corrected chi connectivity index (χ3v) is 6.73. The number of para-hydroxylation sites is 1. The number of rotatable bonds is 6. The van der Waals surface area contributed by atoms with Crippen molar-refractivity contribution in [3.8, 4) is 0 Å². The van der Waals surface area contributed by atoms with Crippen LogP contribution < -0.4 is 5.32 Å². The highest BCUT2D eigenvalue weighted by Gasteiger charge is 2.11. The number of carbonyl (C=O) groups excluding carboxylic acids is 1. The van der Waals surface area contributed by atoms with E-state index in [1.165, 1.54) is 21.8 Å². The topological polar surface area (TPSA) is 45.2 Å². The van der Waals surface area contributed by atoms with Gasteiger partial charge in [0.05, 0.1) is 15.2 Å².